The van der Waals surface area contributed by atoms with Crippen molar-refractivity contribution in [1.29, 1.82) is 0 Å². The zero-order chi connectivity index (χ0) is 24.8. The van der Waals surface area contributed by atoms with Gasteiger partial charge in [-0.15, -0.1) is 0 Å². The van der Waals surface area contributed by atoms with Gasteiger partial charge in [-0.2, -0.15) is 0 Å². The number of carbonyl (C=O) groups excluding carboxylic acids is 2. The Morgan fingerprint density at radius 3 is 2.24 bits per heavy atom. The maximum absolute atomic E-state index is 13.4. The van der Waals surface area contributed by atoms with Gasteiger partial charge in [0.05, 0.1) is 24.1 Å². The van der Waals surface area contributed by atoms with E-state index in [1.807, 2.05) is 0 Å². The van der Waals surface area contributed by atoms with Crippen LogP contribution in [0.25, 0.3) is 0 Å². The van der Waals surface area contributed by atoms with Gasteiger partial charge in [-0.05, 0) is 42.3 Å². The summed E-state index contributed by atoms with van der Waals surface area (Å²) in [5.41, 5.74) is 0.949. The summed E-state index contributed by atoms with van der Waals surface area (Å²) in [6.45, 7) is 1.37. The molecule has 1 unspecified atom stereocenters. The second-order valence-corrected chi connectivity index (χ2v) is 10.0. The zero-order valence-corrected chi connectivity index (χ0v) is 21.2. The van der Waals surface area contributed by atoms with E-state index >= 15 is 0 Å². The highest BCUT2D eigenvalue weighted by atomic mass is 35.5. The van der Waals surface area contributed by atoms with E-state index in [9.17, 15) is 18.0 Å². The number of methoxy groups -OCH3 is 1. The van der Waals surface area contributed by atoms with Gasteiger partial charge in [0.25, 0.3) is 0 Å². The Labute approximate surface area is 204 Å². The Morgan fingerprint density at radius 1 is 1.12 bits per heavy atom. The van der Waals surface area contributed by atoms with Crippen molar-refractivity contribution < 1.29 is 22.7 Å². The van der Waals surface area contributed by atoms with E-state index in [4.69, 9.17) is 27.9 Å². The molecule has 0 heterocycles. The van der Waals surface area contributed by atoms with Crippen LogP contribution in [0.1, 0.15) is 18.9 Å². The second-order valence-electron chi connectivity index (χ2n) is 7.27. The molecule has 0 bridgehead atoms. The van der Waals surface area contributed by atoms with Crippen molar-refractivity contribution in [3.63, 3.8) is 0 Å². The summed E-state index contributed by atoms with van der Waals surface area (Å²) in [6.07, 6.45) is 1.34. The predicted molar refractivity (Wildman–Crippen MR) is 130 cm³/mol. The molecule has 0 aromatic heterocycles. The van der Waals surface area contributed by atoms with Crippen LogP contribution in [0.2, 0.25) is 10.0 Å². The lowest BCUT2D eigenvalue weighted by Crippen LogP contribution is -2.51. The Morgan fingerprint density at radius 2 is 1.76 bits per heavy atom. The summed E-state index contributed by atoms with van der Waals surface area (Å²) in [4.78, 5) is 27.3. The molecule has 0 saturated heterocycles. The van der Waals surface area contributed by atoms with E-state index in [0.717, 1.165) is 16.1 Å². The summed E-state index contributed by atoms with van der Waals surface area (Å²) in [5, 5.41) is 3.30. The molecule has 1 atom stereocenters. The maximum Gasteiger partial charge on any atom is 0.244 e. The van der Waals surface area contributed by atoms with Crippen molar-refractivity contribution in [1.82, 2.24) is 10.2 Å². The molecule has 0 radical (unpaired) electrons. The Kier molecular flexibility index (Phi) is 9.39. The third-order valence-electron chi connectivity index (χ3n) is 5.00. The van der Waals surface area contributed by atoms with Crippen LogP contribution in [0.5, 0.6) is 5.75 Å². The number of carbonyl (C=O) groups is 2. The first-order valence-electron chi connectivity index (χ1n) is 10.1. The number of ether oxygens (including phenoxy) is 1. The third kappa shape index (κ3) is 6.99. The number of rotatable bonds is 10. The van der Waals surface area contributed by atoms with Gasteiger partial charge >= 0.3 is 0 Å². The molecule has 2 amide bonds. The number of halogens is 2. The summed E-state index contributed by atoms with van der Waals surface area (Å²) in [7, 11) is -0.925. The average Bonchev–Trinajstić information content (AvgIpc) is 2.77. The minimum atomic E-state index is -3.85. The van der Waals surface area contributed by atoms with Gasteiger partial charge in [0, 0.05) is 18.6 Å². The highest BCUT2D eigenvalue weighted by molar-refractivity contribution is 7.92. The number of likely N-dealkylation sites (N-methyl/N-ethyl adjacent to an activating group) is 1. The van der Waals surface area contributed by atoms with Crippen LogP contribution in [0.3, 0.4) is 0 Å². The molecule has 8 nitrogen and oxygen atoms in total. The first kappa shape index (κ1) is 26.8. The summed E-state index contributed by atoms with van der Waals surface area (Å²) in [5.74, 6) is -0.522. The number of hydrogen-bond acceptors (Lipinski definition) is 5. The summed E-state index contributed by atoms with van der Waals surface area (Å²) < 4.78 is 31.2. The normalized spacial score (nSPS) is 12.1. The molecule has 0 fully saturated rings. The first-order chi connectivity index (χ1) is 15.5. The van der Waals surface area contributed by atoms with E-state index < -0.39 is 28.5 Å². The van der Waals surface area contributed by atoms with Crippen LogP contribution in [-0.4, -0.2) is 58.1 Å². The molecular formula is C22H27Cl2N3O5S. The molecule has 2 rings (SSSR count). The van der Waals surface area contributed by atoms with Crippen LogP contribution in [-0.2, 0) is 26.2 Å². The topological polar surface area (TPSA) is 96.0 Å². The quantitative estimate of drug-likeness (QED) is 0.523. The molecule has 0 aliphatic rings. The summed E-state index contributed by atoms with van der Waals surface area (Å²) >= 11 is 12.1. The van der Waals surface area contributed by atoms with Crippen LogP contribution in [0.4, 0.5) is 5.69 Å². The van der Waals surface area contributed by atoms with Gasteiger partial charge in [-0.3, -0.25) is 13.9 Å². The lowest BCUT2D eigenvalue weighted by Gasteiger charge is -2.32. The van der Waals surface area contributed by atoms with E-state index in [0.29, 0.717) is 17.2 Å². The third-order valence-corrected chi connectivity index (χ3v) is 6.69. The van der Waals surface area contributed by atoms with Crippen molar-refractivity contribution in [2.45, 2.75) is 25.9 Å². The van der Waals surface area contributed by atoms with Gasteiger partial charge in [0.1, 0.15) is 18.3 Å². The van der Waals surface area contributed by atoms with Crippen LogP contribution in [0, 0.1) is 0 Å². The van der Waals surface area contributed by atoms with Gasteiger partial charge < -0.3 is 15.0 Å². The fraction of sp³-hybridized carbons (Fsp3) is 0.364. The number of anilines is 1. The van der Waals surface area contributed by atoms with Gasteiger partial charge in [0.15, 0.2) is 0 Å². The van der Waals surface area contributed by atoms with E-state index in [2.05, 4.69) is 5.32 Å². The predicted octanol–water partition coefficient (Wildman–Crippen LogP) is 3.32. The molecule has 180 valence electrons. The van der Waals surface area contributed by atoms with E-state index in [1.54, 1.807) is 31.2 Å². The largest absolute Gasteiger partial charge is 0.495 e. The summed E-state index contributed by atoms with van der Waals surface area (Å²) in [6, 6.07) is 10.5. The molecule has 0 aliphatic carbocycles. The Hall–Kier alpha value is -2.49. The highest BCUT2D eigenvalue weighted by Crippen LogP contribution is 2.30. The van der Waals surface area contributed by atoms with Crippen molar-refractivity contribution in [2.24, 2.45) is 0 Å². The smallest absolute Gasteiger partial charge is 0.244 e. The van der Waals surface area contributed by atoms with E-state index in [1.165, 1.54) is 37.3 Å². The maximum atomic E-state index is 13.4. The van der Waals surface area contributed by atoms with Crippen molar-refractivity contribution in [2.75, 3.05) is 31.3 Å². The van der Waals surface area contributed by atoms with Crippen LogP contribution >= 0.6 is 23.2 Å². The standard InChI is InChI=1S/C22H27Cl2N3O5S/c1-5-19(22(29)25-2)26(13-15-6-8-16(23)9-7-15)21(28)14-27(33(4,30)31)17-10-11-20(32-3)18(24)12-17/h6-12,19H,5,13-14H2,1-4H3,(H,25,29). The number of amides is 2. The second kappa shape index (κ2) is 11.6. The van der Waals surface area contributed by atoms with Gasteiger partial charge in [0.2, 0.25) is 21.8 Å². The molecule has 33 heavy (non-hydrogen) atoms. The number of nitrogens with zero attached hydrogens (tertiary/aromatic N) is 2. The number of benzene rings is 2. The Bertz CT molecular complexity index is 1090. The van der Waals surface area contributed by atoms with Crippen molar-refractivity contribution >= 4 is 50.7 Å². The monoisotopic (exact) mass is 515 g/mol. The molecule has 0 saturated carbocycles. The molecule has 11 heteroatoms. The highest BCUT2D eigenvalue weighted by Gasteiger charge is 2.31. The van der Waals surface area contributed by atoms with Gasteiger partial charge in [-0.25, -0.2) is 8.42 Å². The van der Waals surface area contributed by atoms with Crippen molar-refractivity contribution in [3.8, 4) is 5.75 Å². The minimum Gasteiger partial charge on any atom is -0.495 e. The molecule has 0 aliphatic heterocycles. The molecule has 0 spiro atoms. The lowest BCUT2D eigenvalue weighted by molar-refractivity contribution is -0.140. The molecule has 2 aromatic carbocycles. The number of nitrogens with one attached hydrogen (secondary N) is 1. The number of sulfonamides is 1. The fourth-order valence-electron chi connectivity index (χ4n) is 3.30. The van der Waals surface area contributed by atoms with Crippen LogP contribution in [0.15, 0.2) is 42.5 Å². The average molecular weight is 516 g/mol. The van der Waals surface area contributed by atoms with E-state index in [-0.39, 0.29) is 23.2 Å². The Balaban J connectivity index is 2.44. The zero-order valence-electron chi connectivity index (χ0n) is 18.8. The van der Waals surface area contributed by atoms with Crippen molar-refractivity contribution in [3.05, 3.63) is 58.1 Å². The first-order valence-corrected chi connectivity index (χ1v) is 12.7. The SMILES string of the molecule is CCC(C(=O)NC)N(Cc1ccc(Cl)cc1)C(=O)CN(c1ccc(OC)c(Cl)c1)S(C)(=O)=O. The van der Waals surface area contributed by atoms with Gasteiger partial charge in [-0.1, -0.05) is 42.3 Å². The lowest BCUT2D eigenvalue weighted by atomic mass is 10.1. The molecule has 1 N–H and O–H groups in total. The number of hydrogen-bond donors (Lipinski definition) is 1. The molecular weight excluding hydrogens is 489 g/mol. The minimum absolute atomic E-state index is 0.100. The molecule has 2 aromatic rings. The fourth-order valence-corrected chi connectivity index (χ4v) is 4.52. The van der Waals surface area contributed by atoms with Crippen LogP contribution < -0.4 is 14.4 Å².